The second kappa shape index (κ2) is 1.55. The number of fused-ring (bicyclic) bond motifs is 1. The van der Waals surface area contributed by atoms with E-state index in [2.05, 4.69) is 16.4 Å². The number of aromatic nitrogens is 3. The lowest BCUT2D eigenvalue weighted by Gasteiger charge is -1.84. The van der Waals surface area contributed by atoms with Crippen molar-refractivity contribution in [3.8, 4) is 0 Å². The van der Waals surface area contributed by atoms with E-state index in [-0.39, 0.29) is 0 Å². The first-order chi connectivity index (χ1) is 4.47. The quantitative estimate of drug-likeness (QED) is 0.505. The molecule has 1 radical (unpaired) electrons. The van der Waals surface area contributed by atoms with E-state index in [0.29, 0.717) is 0 Å². The summed E-state index contributed by atoms with van der Waals surface area (Å²) in [6.07, 6.45) is 6.09. The van der Waals surface area contributed by atoms with Crippen molar-refractivity contribution in [2.45, 2.75) is 0 Å². The van der Waals surface area contributed by atoms with Crippen LogP contribution in [0, 0.1) is 6.33 Å². The average Bonchev–Trinajstić information content (AvgIpc) is 2.33. The van der Waals surface area contributed by atoms with Crippen molar-refractivity contribution in [1.29, 1.82) is 0 Å². The van der Waals surface area contributed by atoms with Gasteiger partial charge in [-0.25, -0.2) is 9.50 Å². The first kappa shape index (κ1) is 4.49. The molecule has 2 aromatic heterocycles. The molecule has 0 spiro atoms. The van der Waals surface area contributed by atoms with Crippen LogP contribution < -0.4 is 0 Å². The summed E-state index contributed by atoms with van der Waals surface area (Å²) in [5.41, 5.74) is 0.970. The second-order valence-electron chi connectivity index (χ2n) is 1.72. The van der Waals surface area contributed by atoms with Gasteiger partial charge >= 0.3 is 0 Å². The number of imidazole rings is 1. The molecule has 2 aromatic rings. The molecule has 0 saturated heterocycles. The number of nitrogens with zero attached hydrogens (tertiary/aromatic N) is 3. The van der Waals surface area contributed by atoms with E-state index in [0.717, 1.165) is 5.52 Å². The highest BCUT2D eigenvalue weighted by atomic mass is 15.2. The van der Waals surface area contributed by atoms with E-state index in [9.17, 15) is 0 Å². The Kier molecular flexibility index (Phi) is 0.773. The summed E-state index contributed by atoms with van der Waals surface area (Å²) < 4.78 is 1.60. The summed E-state index contributed by atoms with van der Waals surface area (Å²) in [5, 5.41) is 3.94. The standard InChI is InChI=1S/C6H4N3/c1-2-6-4-7-5-9(6)8-3-1/h1-4H. The van der Waals surface area contributed by atoms with Crippen LogP contribution in [-0.4, -0.2) is 14.6 Å². The SMILES string of the molecule is [c]1ncc2cccnn12. The minimum absolute atomic E-state index is 0.970. The normalized spacial score (nSPS) is 10.2. The van der Waals surface area contributed by atoms with Crippen molar-refractivity contribution in [1.82, 2.24) is 14.6 Å². The van der Waals surface area contributed by atoms with E-state index in [1.807, 2.05) is 12.1 Å². The van der Waals surface area contributed by atoms with Crippen molar-refractivity contribution in [2.75, 3.05) is 0 Å². The lowest BCUT2D eigenvalue weighted by molar-refractivity contribution is 0.917. The molecule has 0 bridgehead atoms. The summed E-state index contributed by atoms with van der Waals surface area (Å²) in [7, 11) is 0. The zero-order valence-corrected chi connectivity index (χ0v) is 4.65. The van der Waals surface area contributed by atoms with Gasteiger partial charge in [-0.1, -0.05) is 0 Å². The van der Waals surface area contributed by atoms with Gasteiger partial charge in [0.25, 0.3) is 0 Å². The fraction of sp³-hybridized carbons (Fsp3) is 0. The van der Waals surface area contributed by atoms with Gasteiger partial charge in [0.1, 0.15) is 0 Å². The third-order valence-electron chi connectivity index (χ3n) is 1.13. The van der Waals surface area contributed by atoms with Crippen molar-refractivity contribution in [3.63, 3.8) is 0 Å². The van der Waals surface area contributed by atoms with E-state index < -0.39 is 0 Å². The molecule has 0 aliphatic heterocycles. The maximum Gasteiger partial charge on any atom is 0.199 e. The fourth-order valence-electron chi connectivity index (χ4n) is 0.715. The van der Waals surface area contributed by atoms with Crippen LogP contribution in [0.25, 0.3) is 5.52 Å². The zero-order chi connectivity index (χ0) is 6.10. The lowest BCUT2D eigenvalue weighted by atomic mass is 10.5. The van der Waals surface area contributed by atoms with Crippen molar-refractivity contribution in [3.05, 3.63) is 30.9 Å². The topological polar surface area (TPSA) is 30.2 Å². The molecular formula is C6H4N3. The molecule has 2 heterocycles. The molecule has 3 nitrogen and oxygen atoms in total. The maximum atomic E-state index is 3.94. The largest absolute Gasteiger partial charge is 0.232 e. The Hall–Kier alpha value is -1.38. The summed E-state index contributed by atoms with van der Waals surface area (Å²) in [6.45, 7) is 0. The molecular weight excluding hydrogens is 114 g/mol. The minimum Gasteiger partial charge on any atom is -0.232 e. The molecule has 2 rings (SSSR count). The van der Waals surface area contributed by atoms with Crippen LogP contribution >= 0.6 is 0 Å². The molecule has 3 heteroatoms. The molecule has 0 aliphatic carbocycles. The van der Waals surface area contributed by atoms with Gasteiger partial charge in [0.2, 0.25) is 0 Å². The Labute approximate surface area is 52.0 Å². The van der Waals surface area contributed by atoms with Gasteiger partial charge in [0.15, 0.2) is 6.33 Å². The molecule has 0 aliphatic rings. The van der Waals surface area contributed by atoms with Crippen molar-refractivity contribution in [2.24, 2.45) is 0 Å². The van der Waals surface area contributed by atoms with E-state index in [1.165, 1.54) is 0 Å². The molecule has 9 heavy (non-hydrogen) atoms. The smallest absolute Gasteiger partial charge is 0.199 e. The summed E-state index contributed by atoms with van der Waals surface area (Å²) in [5.74, 6) is 0. The predicted molar refractivity (Wildman–Crippen MR) is 31.8 cm³/mol. The Morgan fingerprint density at radius 2 is 2.56 bits per heavy atom. The highest BCUT2D eigenvalue weighted by Gasteiger charge is 1.87. The average molecular weight is 118 g/mol. The minimum atomic E-state index is 0.970. The second-order valence-corrected chi connectivity index (χ2v) is 1.72. The third-order valence-corrected chi connectivity index (χ3v) is 1.13. The molecule has 43 valence electrons. The Balaban J connectivity index is 2.95. The summed E-state index contributed by atoms with van der Waals surface area (Å²) in [4.78, 5) is 3.78. The lowest BCUT2D eigenvalue weighted by Crippen LogP contribution is -1.85. The molecule has 0 unspecified atom stereocenters. The maximum absolute atomic E-state index is 3.94. The highest BCUT2D eigenvalue weighted by Crippen LogP contribution is 1.94. The van der Waals surface area contributed by atoms with Crippen LogP contribution in [-0.2, 0) is 0 Å². The van der Waals surface area contributed by atoms with Crippen LogP contribution in [0.15, 0.2) is 24.5 Å². The van der Waals surface area contributed by atoms with Crippen LogP contribution in [0.2, 0.25) is 0 Å². The number of rotatable bonds is 0. The van der Waals surface area contributed by atoms with Crippen LogP contribution in [0.4, 0.5) is 0 Å². The monoisotopic (exact) mass is 118 g/mol. The van der Waals surface area contributed by atoms with Crippen molar-refractivity contribution < 1.29 is 0 Å². The Morgan fingerprint density at radius 3 is 3.44 bits per heavy atom. The molecule has 0 N–H and O–H groups in total. The first-order valence-electron chi connectivity index (χ1n) is 2.63. The van der Waals surface area contributed by atoms with E-state index in [4.69, 9.17) is 0 Å². The summed E-state index contributed by atoms with van der Waals surface area (Å²) in [6, 6.07) is 3.79. The van der Waals surface area contributed by atoms with E-state index in [1.54, 1.807) is 16.9 Å². The predicted octanol–water partition coefficient (Wildman–Crippen LogP) is 0.529. The van der Waals surface area contributed by atoms with Gasteiger partial charge in [-0.15, -0.1) is 0 Å². The highest BCUT2D eigenvalue weighted by molar-refractivity contribution is 5.41. The first-order valence-corrected chi connectivity index (χ1v) is 2.63. The molecule has 0 atom stereocenters. The van der Waals surface area contributed by atoms with Gasteiger partial charge in [-0.3, -0.25) is 0 Å². The van der Waals surface area contributed by atoms with Gasteiger partial charge in [0.05, 0.1) is 11.7 Å². The third kappa shape index (κ3) is 0.579. The van der Waals surface area contributed by atoms with E-state index >= 15 is 0 Å². The van der Waals surface area contributed by atoms with Gasteiger partial charge in [0, 0.05) is 6.20 Å². The molecule has 0 saturated carbocycles. The molecule has 0 aromatic carbocycles. The van der Waals surface area contributed by atoms with Gasteiger partial charge in [-0.05, 0) is 12.1 Å². The fourth-order valence-corrected chi connectivity index (χ4v) is 0.715. The Bertz CT molecular complexity index is 282. The van der Waals surface area contributed by atoms with Gasteiger partial charge < -0.3 is 0 Å². The summed E-state index contributed by atoms with van der Waals surface area (Å²) >= 11 is 0. The number of hydrogen-bond acceptors (Lipinski definition) is 2. The molecule has 0 amide bonds. The number of hydrogen-bond donors (Lipinski definition) is 0. The van der Waals surface area contributed by atoms with Crippen LogP contribution in [0.3, 0.4) is 0 Å². The van der Waals surface area contributed by atoms with Gasteiger partial charge in [-0.2, -0.15) is 5.10 Å². The van der Waals surface area contributed by atoms with Crippen LogP contribution in [0.5, 0.6) is 0 Å². The van der Waals surface area contributed by atoms with Crippen molar-refractivity contribution >= 4 is 5.52 Å². The zero-order valence-electron chi connectivity index (χ0n) is 4.65. The molecule has 0 fully saturated rings. The Morgan fingerprint density at radius 1 is 1.56 bits per heavy atom. The van der Waals surface area contributed by atoms with Crippen LogP contribution in [0.1, 0.15) is 0 Å².